The molecule has 2 fully saturated rings. The normalized spacial score (nSPS) is 44.7. The molecule has 0 bridgehead atoms. The van der Waals surface area contributed by atoms with Crippen molar-refractivity contribution in [2.24, 2.45) is 5.92 Å². The van der Waals surface area contributed by atoms with Crippen LogP contribution in [0.25, 0.3) is 0 Å². The van der Waals surface area contributed by atoms with Crippen molar-refractivity contribution in [3.05, 3.63) is 0 Å². The van der Waals surface area contributed by atoms with Crippen LogP contribution in [-0.2, 0) is 0 Å². The van der Waals surface area contributed by atoms with Crippen LogP contribution in [0.5, 0.6) is 0 Å². The van der Waals surface area contributed by atoms with Gasteiger partial charge in [-0.1, -0.05) is 0 Å². The highest BCUT2D eigenvalue weighted by Gasteiger charge is 2.37. The molecule has 0 radical (unpaired) electrons. The van der Waals surface area contributed by atoms with E-state index in [9.17, 15) is 5.11 Å². The predicted octanol–water partition coefficient (Wildman–Crippen LogP) is 0.541. The Morgan fingerprint density at radius 2 is 2.00 bits per heavy atom. The molecule has 1 saturated heterocycles. The quantitative estimate of drug-likeness (QED) is 0.547. The van der Waals surface area contributed by atoms with E-state index in [1.54, 1.807) is 0 Å². The van der Waals surface area contributed by atoms with Gasteiger partial charge in [0.15, 0.2) is 0 Å². The number of hydrogen-bond donors (Lipinski definition) is 2. The predicted molar refractivity (Wildman–Crippen MR) is 42.4 cm³/mol. The van der Waals surface area contributed by atoms with Crippen LogP contribution in [0, 0.1) is 5.92 Å². The summed E-state index contributed by atoms with van der Waals surface area (Å²) in [4.78, 5) is 0. The second-order valence-corrected chi connectivity index (χ2v) is 3.17. The average molecular weight is 164 g/mol. The Morgan fingerprint density at radius 3 is 2.70 bits per heavy atom. The van der Waals surface area contributed by atoms with Crippen LogP contribution >= 0.6 is 12.4 Å². The standard InChI is InChI=1S/C7H13NO.ClH/c9-6-2-1-5-3-4-8-7(5)6;/h5-9H,1-4H2;1H/t5-,6-,7+;/m1./s1. The summed E-state index contributed by atoms with van der Waals surface area (Å²) in [5, 5.41) is 12.7. The van der Waals surface area contributed by atoms with E-state index >= 15 is 0 Å². The van der Waals surface area contributed by atoms with Crippen molar-refractivity contribution in [2.45, 2.75) is 31.4 Å². The SMILES string of the molecule is Cl.O[C@@H]1CC[C@@H]2CCN[C@@H]21. The summed E-state index contributed by atoms with van der Waals surface area (Å²) < 4.78 is 0. The highest BCUT2D eigenvalue weighted by atomic mass is 35.5. The van der Waals surface area contributed by atoms with Gasteiger partial charge in [0.25, 0.3) is 0 Å². The minimum absolute atomic E-state index is 0. The average Bonchev–Trinajstić information content (AvgIpc) is 2.35. The van der Waals surface area contributed by atoms with Crippen LogP contribution in [0.2, 0.25) is 0 Å². The highest BCUT2D eigenvalue weighted by molar-refractivity contribution is 5.85. The molecule has 0 unspecified atom stereocenters. The molecule has 2 rings (SSSR count). The van der Waals surface area contributed by atoms with Gasteiger partial charge in [0, 0.05) is 6.04 Å². The summed E-state index contributed by atoms with van der Waals surface area (Å²) >= 11 is 0. The first kappa shape index (κ1) is 8.31. The zero-order valence-corrected chi connectivity index (χ0v) is 6.73. The van der Waals surface area contributed by atoms with Gasteiger partial charge in [-0.05, 0) is 31.7 Å². The summed E-state index contributed by atoms with van der Waals surface area (Å²) in [6.45, 7) is 1.12. The number of rotatable bonds is 0. The van der Waals surface area contributed by atoms with Gasteiger partial charge in [-0.15, -0.1) is 12.4 Å². The van der Waals surface area contributed by atoms with Crippen molar-refractivity contribution in [3.8, 4) is 0 Å². The smallest absolute Gasteiger partial charge is 0.0696 e. The van der Waals surface area contributed by atoms with Gasteiger partial charge in [-0.2, -0.15) is 0 Å². The maximum Gasteiger partial charge on any atom is 0.0696 e. The summed E-state index contributed by atoms with van der Waals surface area (Å²) in [6.07, 6.45) is 3.49. The molecular formula is C7H14ClNO. The first-order valence-electron chi connectivity index (χ1n) is 3.79. The molecule has 1 aliphatic carbocycles. The molecule has 2 N–H and O–H groups in total. The third-order valence-electron chi connectivity index (χ3n) is 2.65. The van der Waals surface area contributed by atoms with E-state index < -0.39 is 0 Å². The molecule has 1 aliphatic heterocycles. The van der Waals surface area contributed by atoms with Gasteiger partial charge in [0.05, 0.1) is 6.10 Å². The Labute approximate surface area is 67.4 Å². The topological polar surface area (TPSA) is 32.3 Å². The molecule has 0 spiro atoms. The zero-order valence-electron chi connectivity index (χ0n) is 5.92. The molecular weight excluding hydrogens is 150 g/mol. The molecule has 2 nitrogen and oxygen atoms in total. The lowest BCUT2D eigenvalue weighted by molar-refractivity contribution is 0.151. The lowest BCUT2D eigenvalue weighted by Gasteiger charge is -2.11. The second-order valence-electron chi connectivity index (χ2n) is 3.17. The monoisotopic (exact) mass is 163 g/mol. The van der Waals surface area contributed by atoms with E-state index in [0.717, 1.165) is 18.9 Å². The first-order valence-corrected chi connectivity index (χ1v) is 3.79. The fraction of sp³-hybridized carbons (Fsp3) is 1.00. The van der Waals surface area contributed by atoms with Crippen LogP contribution in [0.3, 0.4) is 0 Å². The van der Waals surface area contributed by atoms with Crippen LogP contribution in [0.4, 0.5) is 0 Å². The molecule has 3 heteroatoms. The number of fused-ring (bicyclic) bond motifs is 1. The van der Waals surface area contributed by atoms with E-state index in [1.165, 1.54) is 12.8 Å². The first-order chi connectivity index (χ1) is 4.38. The number of hydrogen-bond acceptors (Lipinski definition) is 2. The van der Waals surface area contributed by atoms with E-state index in [4.69, 9.17) is 0 Å². The maximum atomic E-state index is 9.34. The number of aliphatic hydroxyl groups is 1. The minimum Gasteiger partial charge on any atom is -0.391 e. The van der Waals surface area contributed by atoms with E-state index in [2.05, 4.69) is 5.32 Å². The Kier molecular flexibility index (Phi) is 2.55. The number of aliphatic hydroxyl groups excluding tert-OH is 1. The molecule has 0 aromatic carbocycles. The summed E-state index contributed by atoms with van der Waals surface area (Å²) in [5.74, 6) is 0.792. The third kappa shape index (κ3) is 1.16. The van der Waals surface area contributed by atoms with Gasteiger partial charge in [0.2, 0.25) is 0 Å². The summed E-state index contributed by atoms with van der Waals surface area (Å²) in [5.41, 5.74) is 0. The van der Waals surface area contributed by atoms with Gasteiger partial charge in [0.1, 0.15) is 0 Å². The Hall–Kier alpha value is 0.210. The molecule has 0 amide bonds. The molecule has 0 aromatic heterocycles. The lowest BCUT2D eigenvalue weighted by atomic mass is 10.0. The van der Waals surface area contributed by atoms with Crippen LogP contribution < -0.4 is 5.32 Å². The van der Waals surface area contributed by atoms with Crippen molar-refractivity contribution >= 4 is 12.4 Å². The maximum absolute atomic E-state index is 9.34. The van der Waals surface area contributed by atoms with Crippen molar-refractivity contribution in [3.63, 3.8) is 0 Å². The third-order valence-corrected chi connectivity index (χ3v) is 2.65. The van der Waals surface area contributed by atoms with Crippen molar-refractivity contribution in [2.75, 3.05) is 6.54 Å². The molecule has 0 aromatic rings. The Bertz CT molecular complexity index is 120. The van der Waals surface area contributed by atoms with Crippen LogP contribution in [0.15, 0.2) is 0 Å². The van der Waals surface area contributed by atoms with Gasteiger partial charge < -0.3 is 10.4 Å². The summed E-state index contributed by atoms with van der Waals surface area (Å²) in [6, 6.07) is 0.449. The van der Waals surface area contributed by atoms with E-state index in [-0.39, 0.29) is 18.5 Å². The second kappa shape index (κ2) is 3.07. The molecule has 1 heterocycles. The zero-order chi connectivity index (χ0) is 6.27. The van der Waals surface area contributed by atoms with Gasteiger partial charge >= 0.3 is 0 Å². The van der Waals surface area contributed by atoms with Crippen LogP contribution in [-0.4, -0.2) is 23.8 Å². The molecule has 3 atom stereocenters. The number of halogens is 1. The Morgan fingerprint density at radius 1 is 1.20 bits per heavy atom. The summed E-state index contributed by atoms with van der Waals surface area (Å²) in [7, 11) is 0. The highest BCUT2D eigenvalue weighted by Crippen LogP contribution is 2.31. The lowest BCUT2D eigenvalue weighted by Crippen LogP contribution is -2.33. The fourth-order valence-electron chi connectivity index (χ4n) is 2.12. The molecule has 2 aliphatic rings. The van der Waals surface area contributed by atoms with Gasteiger partial charge in [-0.25, -0.2) is 0 Å². The van der Waals surface area contributed by atoms with E-state index in [0.29, 0.717) is 6.04 Å². The molecule has 60 valence electrons. The van der Waals surface area contributed by atoms with Crippen molar-refractivity contribution in [1.82, 2.24) is 5.32 Å². The molecule has 10 heavy (non-hydrogen) atoms. The van der Waals surface area contributed by atoms with Gasteiger partial charge in [-0.3, -0.25) is 0 Å². The van der Waals surface area contributed by atoms with Crippen molar-refractivity contribution < 1.29 is 5.11 Å². The Balaban J connectivity index is 0.000000500. The molecule has 1 saturated carbocycles. The van der Waals surface area contributed by atoms with Crippen LogP contribution in [0.1, 0.15) is 19.3 Å². The van der Waals surface area contributed by atoms with Crippen molar-refractivity contribution in [1.29, 1.82) is 0 Å². The fourth-order valence-corrected chi connectivity index (χ4v) is 2.12. The largest absolute Gasteiger partial charge is 0.391 e. The van der Waals surface area contributed by atoms with E-state index in [1.807, 2.05) is 0 Å². The number of nitrogens with one attached hydrogen (secondary N) is 1. The minimum atomic E-state index is -0.0440.